The maximum atomic E-state index is 10.8. The van der Waals surface area contributed by atoms with Gasteiger partial charge in [0.15, 0.2) is 0 Å². The van der Waals surface area contributed by atoms with Crippen LogP contribution >= 0.6 is 19.2 Å². The van der Waals surface area contributed by atoms with Crippen LogP contribution in [-0.4, -0.2) is 27.5 Å². The average Bonchev–Trinajstić information content (AvgIpc) is 2.65. The molecule has 3 N–H and O–H groups in total. The van der Waals surface area contributed by atoms with Gasteiger partial charge in [0.2, 0.25) is 0 Å². The number of nitrogens with zero attached hydrogens (tertiary/aromatic N) is 1. The summed E-state index contributed by atoms with van der Waals surface area (Å²) in [5.41, 5.74) is 3.32. The molecule has 28 heavy (non-hydrogen) atoms. The van der Waals surface area contributed by atoms with Gasteiger partial charge in [-0.05, 0) is 55.8 Å². The predicted molar refractivity (Wildman–Crippen MR) is 115 cm³/mol. The van der Waals surface area contributed by atoms with Gasteiger partial charge in [-0.2, -0.15) is 0 Å². The SMILES string of the molecule is O=P(O)(O)CCCNCc1cc(Cl)c(CCCCCCc2ccccc2)cn1. The van der Waals surface area contributed by atoms with E-state index in [9.17, 15) is 4.57 Å². The monoisotopic (exact) mass is 424 g/mol. The summed E-state index contributed by atoms with van der Waals surface area (Å²) in [6.45, 7) is 1.08. The Kier molecular flexibility index (Phi) is 10.2. The summed E-state index contributed by atoms with van der Waals surface area (Å²) in [7, 11) is -3.90. The van der Waals surface area contributed by atoms with E-state index in [-0.39, 0.29) is 6.16 Å². The van der Waals surface area contributed by atoms with Crippen LogP contribution < -0.4 is 5.32 Å². The largest absolute Gasteiger partial charge is 0.325 e. The Morgan fingerprint density at radius 2 is 1.71 bits per heavy atom. The van der Waals surface area contributed by atoms with Crippen LogP contribution in [-0.2, 0) is 24.0 Å². The lowest BCUT2D eigenvalue weighted by Gasteiger charge is -2.08. The summed E-state index contributed by atoms with van der Waals surface area (Å²) in [5.74, 6) is 0. The van der Waals surface area contributed by atoms with Crippen molar-refractivity contribution >= 4 is 19.2 Å². The van der Waals surface area contributed by atoms with E-state index in [1.807, 2.05) is 12.3 Å². The first-order chi connectivity index (χ1) is 13.4. The van der Waals surface area contributed by atoms with Crippen LogP contribution in [0.2, 0.25) is 5.02 Å². The van der Waals surface area contributed by atoms with E-state index < -0.39 is 7.60 Å². The molecule has 0 radical (unpaired) electrons. The topological polar surface area (TPSA) is 82.5 Å². The van der Waals surface area contributed by atoms with E-state index in [4.69, 9.17) is 21.4 Å². The van der Waals surface area contributed by atoms with E-state index in [0.717, 1.165) is 35.5 Å². The molecule has 5 nitrogen and oxygen atoms in total. The molecular formula is C21H30ClN2O3P. The molecule has 0 aliphatic heterocycles. The second kappa shape index (κ2) is 12.4. The van der Waals surface area contributed by atoms with Crippen LogP contribution in [0.5, 0.6) is 0 Å². The van der Waals surface area contributed by atoms with Crippen molar-refractivity contribution in [1.29, 1.82) is 0 Å². The molecule has 0 saturated carbocycles. The number of pyridine rings is 1. The first-order valence-electron chi connectivity index (χ1n) is 9.86. The van der Waals surface area contributed by atoms with Crippen molar-refractivity contribution in [2.45, 2.75) is 51.5 Å². The Morgan fingerprint density at radius 3 is 2.39 bits per heavy atom. The molecule has 1 aromatic carbocycles. The van der Waals surface area contributed by atoms with Gasteiger partial charge in [-0.15, -0.1) is 0 Å². The number of aryl methyl sites for hydroxylation is 2. The summed E-state index contributed by atoms with van der Waals surface area (Å²) >= 11 is 6.38. The van der Waals surface area contributed by atoms with Crippen molar-refractivity contribution in [3.8, 4) is 0 Å². The normalized spacial score (nSPS) is 11.7. The van der Waals surface area contributed by atoms with Gasteiger partial charge >= 0.3 is 7.60 Å². The summed E-state index contributed by atoms with van der Waals surface area (Å²) in [4.78, 5) is 22.1. The standard InChI is InChI=1S/C21H30ClN2O3P/c22-21-15-20(17-23-13-8-14-28(25,26)27)24-16-19(21)12-7-2-1-4-9-18-10-5-3-6-11-18/h3,5-6,10-11,15-16,23H,1-2,4,7-9,12-14,17H2,(H2,25,26,27). The smallest absolute Gasteiger partial charge is 0.324 e. The quantitative estimate of drug-likeness (QED) is 0.319. The number of rotatable bonds is 13. The van der Waals surface area contributed by atoms with Crippen LogP contribution in [0.25, 0.3) is 0 Å². The molecule has 0 spiro atoms. The Balaban J connectivity index is 1.60. The lowest BCUT2D eigenvalue weighted by molar-refractivity contribution is 0.371. The van der Waals surface area contributed by atoms with Crippen molar-refractivity contribution < 1.29 is 14.4 Å². The Labute approximate surface area is 172 Å². The Morgan fingerprint density at radius 1 is 1.00 bits per heavy atom. The minimum atomic E-state index is -3.90. The molecule has 0 saturated heterocycles. The van der Waals surface area contributed by atoms with Gasteiger partial charge in [0.25, 0.3) is 0 Å². The highest BCUT2D eigenvalue weighted by Crippen LogP contribution is 2.34. The highest BCUT2D eigenvalue weighted by Gasteiger charge is 2.11. The fourth-order valence-corrected chi connectivity index (χ4v) is 3.89. The van der Waals surface area contributed by atoms with E-state index in [1.165, 1.54) is 24.8 Å². The van der Waals surface area contributed by atoms with Crippen molar-refractivity contribution in [3.05, 3.63) is 64.4 Å². The zero-order valence-corrected chi connectivity index (χ0v) is 17.8. The first kappa shape index (κ1) is 23.1. The van der Waals surface area contributed by atoms with Crippen LogP contribution in [0, 0.1) is 0 Å². The fraction of sp³-hybridized carbons (Fsp3) is 0.476. The Hall–Kier alpha value is -1.23. The molecular weight excluding hydrogens is 395 g/mol. The maximum Gasteiger partial charge on any atom is 0.325 e. The highest BCUT2D eigenvalue weighted by molar-refractivity contribution is 7.51. The molecule has 1 heterocycles. The number of hydrogen-bond acceptors (Lipinski definition) is 3. The second-order valence-corrected chi connectivity index (χ2v) is 9.27. The third-order valence-corrected chi connectivity index (χ3v) is 5.85. The predicted octanol–water partition coefficient (Wildman–Crippen LogP) is 4.74. The molecule has 2 rings (SSSR count). The van der Waals surface area contributed by atoms with Gasteiger partial charge in [-0.25, -0.2) is 0 Å². The summed E-state index contributed by atoms with van der Waals surface area (Å²) < 4.78 is 10.8. The van der Waals surface area contributed by atoms with Gasteiger partial charge in [0.1, 0.15) is 0 Å². The van der Waals surface area contributed by atoms with Gasteiger partial charge in [-0.1, -0.05) is 54.8 Å². The van der Waals surface area contributed by atoms with Crippen molar-refractivity contribution in [2.24, 2.45) is 0 Å². The van der Waals surface area contributed by atoms with E-state index in [1.54, 1.807) is 0 Å². The molecule has 0 unspecified atom stereocenters. The van der Waals surface area contributed by atoms with Crippen LogP contribution in [0.4, 0.5) is 0 Å². The summed E-state index contributed by atoms with van der Waals surface area (Å²) in [5, 5.41) is 3.88. The molecule has 0 fully saturated rings. The number of halogens is 1. The number of unbranched alkanes of at least 4 members (excludes halogenated alkanes) is 3. The first-order valence-corrected chi connectivity index (χ1v) is 12.0. The summed E-state index contributed by atoms with van der Waals surface area (Å²) in [6.07, 6.45) is 8.98. The minimum Gasteiger partial charge on any atom is -0.324 e. The number of benzene rings is 1. The van der Waals surface area contributed by atoms with Gasteiger partial charge < -0.3 is 15.1 Å². The summed E-state index contributed by atoms with van der Waals surface area (Å²) in [6, 6.07) is 12.5. The molecule has 0 aliphatic rings. The van der Waals surface area contributed by atoms with E-state index in [0.29, 0.717) is 19.5 Å². The van der Waals surface area contributed by atoms with Gasteiger partial charge in [-0.3, -0.25) is 9.55 Å². The molecule has 154 valence electrons. The number of hydrogen-bond donors (Lipinski definition) is 3. The third kappa shape index (κ3) is 9.81. The molecule has 2 aromatic rings. The van der Waals surface area contributed by atoms with Crippen LogP contribution in [0.1, 0.15) is 48.9 Å². The van der Waals surface area contributed by atoms with E-state index >= 15 is 0 Å². The molecule has 0 atom stereocenters. The van der Waals surface area contributed by atoms with Gasteiger partial charge in [0, 0.05) is 17.8 Å². The fourth-order valence-electron chi connectivity index (χ4n) is 3.05. The van der Waals surface area contributed by atoms with E-state index in [2.05, 4.69) is 40.6 Å². The highest BCUT2D eigenvalue weighted by atomic mass is 35.5. The maximum absolute atomic E-state index is 10.8. The lowest BCUT2D eigenvalue weighted by Crippen LogP contribution is -2.16. The molecule has 1 aromatic heterocycles. The van der Waals surface area contributed by atoms with Gasteiger partial charge in [0.05, 0.1) is 11.9 Å². The van der Waals surface area contributed by atoms with Crippen molar-refractivity contribution in [1.82, 2.24) is 10.3 Å². The number of aromatic nitrogens is 1. The Bertz CT molecular complexity index is 753. The van der Waals surface area contributed by atoms with Crippen LogP contribution in [0.15, 0.2) is 42.6 Å². The minimum absolute atomic E-state index is 0.0987. The third-order valence-electron chi connectivity index (χ3n) is 4.60. The average molecular weight is 425 g/mol. The van der Waals surface area contributed by atoms with Crippen molar-refractivity contribution in [3.63, 3.8) is 0 Å². The van der Waals surface area contributed by atoms with Crippen molar-refractivity contribution in [2.75, 3.05) is 12.7 Å². The molecule has 0 amide bonds. The molecule has 7 heteroatoms. The lowest BCUT2D eigenvalue weighted by atomic mass is 10.0. The zero-order valence-electron chi connectivity index (χ0n) is 16.2. The second-order valence-electron chi connectivity index (χ2n) is 7.09. The molecule has 0 aliphatic carbocycles. The molecule has 0 bridgehead atoms. The zero-order chi connectivity index (χ0) is 20.2. The van der Waals surface area contributed by atoms with Crippen LogP contribution in [0.3, 0.4) is 0 Å². The number of nitrogens with one attached hydrogen (secondary N) is 1.